The molecule has 20 heavy (non-hydrogen) atoms. The van der Waals surface area contributed by atoms with E-state index < -0.39 is 0 Å². The molecule has 1 aliphatic rings. The molecule has 1 fully saturated rings. The smallest absolute Gasteiger partial charge is 0.128 e. The highest BCUT2D eigenvalue weighted by Gasteiger charge is 2.10. The number of hydrogen-bond donors (Lipinski definition) is 1. The lowest BCUT2D eigenvalue weighted by Gasteiger charge is -2.14. The highest BCUT2D eigenvalue weighted by molar-refractivity contribution is 5.40. The number of nitrogens with two attached hydrogens (primary N) is 1. The van der Waals surface area contributed by atoms with E-state index in [1.807, 2.05) is 0 Å². The van der Waals surface area contributed by atoms with E-state index in [0.29, 0.717) is 17.9 Å². The summed E-state index contributed by atoms with van der Waals surface area (Å²) < 4.78 is 19.0. The molecule has 2 N–H and O–H groups in total. The predicted molar refractivity (Wildman–Crippen MR) is 78.1 cm³/mol. The van der Waals surface area contributed by atoms with Crippen LogP contribution in [0.3, 0.4) is 0 Å². The monoisotopic (exact) mass is 276 g/mol. The summed E-state index contributed by atoms with van der Waals surface area (Å²) in [4.78, 5) is 2.44. The molecule has 1 aromatic carbocycles. The quantitative estimate of drug-likeness (QED) is 0.660. The van der Waals surface area contributed by atoms with Gasteiger partial charge in [0.15, 0.2) is 0 Å². The fourth-order valence-electron chi connectivity index (χ4n) is 2.36. The maximum atomic E-state index is 13.4. The van der Waals surface area contributed by atoms with Gasteiger partial charge in [0.1, 0.15) is 11.6 Å². The molecule has 0 saturated carbocycles. The van der Waals surface area contributed by atoms with Crippen LogP contribution in [0.5, 0.6) is 5.75 Å². The van der Waals surface area contributed by atoms with Crippen molar-refractivity contribution in [2.24, 2.45) is 5.73 Å². The van der Waals surface area contributed by atoms with Gasteiger partial charge in [-0.3, -0.25) is 0 Å². The van der Waals surface area contributed by atoms with Crippen molar-refractivity contribution in [2.75, 3.05) is 32.8 Å². The van der Waals surface area contributed by atoms with Gasteiger partial charge in [0, 0.05) is 18.2 Å². The van der Waals surface area contributed by atoms with Gasteiger partial charge >= 0.3 is 0 Å². The first kappa shape index (κ1) is 14.8. The first-order valence-corrected chi connectivity index (χ1v) is 7.12. The Hall–Kier alpha value is -1.57. The van der Waals surface area contributed by atoms with Crippen LogP contribution in [-0.4, -0.2) is 37.7 Å². The molecule has 0 atom stereocenters. The maximum absolute atomic E-state index is 13.4. The van der Waals surface area contributed by atoms with Crippen molar-refractivity contribution in [2.45, 2.75) is 19.3 Å². The number of nitrogens with zero attached hydrogens (tertiary/aromatic N) is 1. The average Bonchev–Trinajstić information content (AvgIpc) is 2.94. The zero-order valence-electron chi connectivity index (χ0n) is 11.7. The minimum Gasteiger partial charge on any atom is -0.493 e. The number of rotatable bonds is 5. The highest BCUT2D eigenvalue weighted by atomic mass is 19.1. The van der Waals surface area contributed by atoms with Crippen LogP contribution < -0.4 is 10.5 Å². The van der Waals surface area contributed by atoms with Crippen LogP contribution in [0, 0.1) is 17.7 Å². The molecule has 0 radical (unpaired) electrons. The average molecular weight is 276 g/mol. The third kappa shape index (κ3) is 4.84. The summed E-state index contributed by atoms with van der Waals surface area (Å²) in [5, 5.41) is 0. The van der Waals surface area contributed by atoms with E-state index in [2.05, 4.69) is 16.7 Å². The molecule has 108 valence electrons. The van der Waals surface area contributed by atoms with E-state index in [1.165, 1.54) is 38.1 Å². The van der Waals surface area contributed by atoms with E-state index in [4.69, 9.17) is 10.5 Å². The summed E-state index contributed by atoms with van der Waals surface area (Å²) in [5.41, 5.74) is 5.91. The Balaban J connectivity index is 1.80. The van der Waals surface area contributed by atoms with Crippen molar-refractivity contribution in [1.29, 1.82) is 0 Å². The molecule has 1 aromatic rings. The Morgan fingerprint density at radius 1 is 1.25 bits per heavy atom. The normalized spacial score (nSPS) is 14.9. The summed E-state index contributed by atoms with van der Waals surface area (Å²) in [5.74, 6) is 5.73. The molecule has 1 heterocycles. The molecule has 1 saturated heterocycles. The Morgan fingerprint density at radius 2 is 2.05 bits per heavy atom. The molecule has 0 bridgehead atoms. The van der Waals surface area contributed by atoms with Crippen LogP contribution in [0.15, 0.2) is 18.2 Å². The molecule has 3 nitrogen and oxygen atoms in total. The van der Waals surface area contributed by atoms with Crippen LogP contribution in [-0.2, 0) is 0 Å². The van der Waals surface area contributed by atoms with Crippen molar-refractivity contribution in [1.82, 2.24) is 4.90 Å². The van der Waals surface area contributed by atoms with Gasteiger partial charge in [0.05, 0.1) is 13.2 Å². The molecule has 0 amide bonds. The first-order chi connectivity index (χ1) is 9.78. The van der Waals surface area contributed by atoms with Gasteiger partial charge in [-0.1, -0.05) is 11.8 Å². The lowest BCUT2D eigenvalue weighted by molar-refractivity contribution is 0.262. The number of likely N-dealkylation sites (tertiary alicyclic amines) is 1. The van der Waals surface area contributed by atoms with Crippen LogP contribution in [0.4, 0.5) is 4.39 Å². The lowest BCUT2D eigenvalue weighted by atomic mass is 10.2. The molecule has 0 unspecified atom stereocenters. The second-order valence-electron chi connectivity index (χ2n) is 4.93. The lowest BCUT2D eigenvalue weighted by Crippen LogP contribution is -2.21. The van der Waals surface area contributed by atoms with E-state index in [1.54, 1.807) is 6.07 Å². The molecule has 0 aromatic heterocycles. The summed E-state index contributed by atoms with van der Waals surface area (Å²) in [6.07, 6.45) is 3.56. The third-order valence-electron chi connectivity index (χ3n) is 3.29. The zero-order valence-corrected chi connectivity index (χ0v) is 11.7. The van der Waals surface area contributed by atoms with Gasteiger partial charge < -0.3 is 15.4 Å². The topological polar surface area (TPSA) is 38.5 Å². The summed E-state index contributed by atoms with van der Waals surface area (Å²) in [6, 6.07) is 4.53. The fourth-order valence-corrected chi connectivity index (χ4v) is 2.36. The summed E-state index contributed by atoms with van der Waals surface area (Å²) in [7, 11) is 0. The van der Waals surface area contributed by atoms with Gasteiger partial charge in [-0.2, -0.15) is 0 Å². The predicted octanol–water partition coefficient (Wildman–Crippen LogP) is 2.00. The molecule has 0 spiro atoms. The zero-order chi connectivity index (χ0) is 14.2. The molecule has 2 rings (SSSR count). The van der Waals surface area contributed by atoms with Gasteiger partial charge in [-0.25, -0.2) is 4.39 Å². The fraction of sp³-hybridized carbons (Fsp3) is 0.500. The standard InChI is InChI=1S/C16H21FN2O/c17-15-11-14(5-3-6-18)12-16(13-15)20-10-4-9-19-7-1-2-8-19/h11-13H,1-2,4,6-10,18H2. The largest absolute Gasteiger partial charge is 0.493 e. The van der Waals surface area contributed by atoms with Crippen molar-refractivity contribution in [3.63, 3.8) is 0 Å². The van der Waals surface area contributed by atoms with Crippen LogP contribution in [0.1, 0.15) is 24.8 Å². The van der Waals surface area contributed by atoms with E-state index >= 15 is 0 Å². The third-order valence-corrected chi connectivity index (χ3v) is 3.29. The van der Waals surface area contributed by atoms with Crippen molar-refractivity contribution >= 4 is 0 Å². The van der Waals surface area contributed by atoms with Gasteiger partial charge in [-0.05, 0) is 44.5 Å². The van der Waals surface area contributed by atoms with Crippen LogP contribution in [0.25, 0.3) is 0 Å². The van der Waals surface area contributed by atoms with Crippen molar-refractivity contribution in [3.05, 3.63) is 29.6 Å². The van der Waals surface area contributed by atoms with E-state index in [0.717, 1.165) is 13.0 Å². The van der Waals surface area contributed by atoms with E-state index in [-0.39, 0.29) is 12.4 Å². The van der Waals surface area contributed by atoms with Crippen LogP contribution in [0.2, 0.25) is 0 Å². The number of ether oxygens (including phenoxy) is 1. The molecule has 4 heteroatoms. The Kier molecular flexibility index (Phi) is 5.85. The molecular weight excluding hydrogens is 255 g/mol. The van der Waals surface area contributed by atoms with E-state index in [9.17, 15) is 4.39 Å². The molecule has 0 aliphatic carbocycles. The van der Waals surface area contributed by atoms with Crippen LogP contribution >= 0.6 is 0 Å². The van der Waals surface area contributed by atoms with Crippen molar-refractivity contribution < 1.29 is 9.13 Å². The van der Waals surface area contributed by atoms with Gasteiger partial charge in [0.25, 0.3) is 0 Å². The number of halogens is 1. The van der Waals surface area contributed by atoms with Gasteiger partial charge in [0.2, 0.25) is 0 Å². The maximum Gasteiger partial charge on any atom is 0.128 e. The minimum atomic E-state index is -0.330. The van der Waals surface area contributed by atoms with Crippen molar-refractivity contribution in [3.8, 4) is 17.6 Å². The Morgan fingerprint density at radius 3 is 2.80 bits per heavy atom. The number of hydrogen-bond acceptors (Lipinski definition) is 3. The second kappa shape index (κ2) is 7.88. The SMILES string of the molecule is NCC#Cc1cc(F)cc(OCCCN2CCCC2)c1. The Labute approximate surface area is 119 Å². The molecular formula is C16H21FN2O. The van der Waals surface area contributed by atoms with Gasteiger partial charge in [-0.15, -0.1) is 0 Å². The second-order valence-corrected chi connectivity index (χ2v) is 4.93. The Bertz CT molecular complexity index is 487. The number of benzene rings is 1. The first-order valence-electron chi connectivity index (χ1n) is 7.12. The minimum absolute atomic E-state index is 0.266. The highest BCUT2D eigenvalue weighted by Crippen LogP contribution is 2.16. The summed E-state index contributed by atoms with van der Waals surface area (Å²) >= 11 is 0. The molecule has 1 aliphatic heterocycles. The summed E-state index contributed by atoms with van der Waals surface area (Å²) in [6.45, 7) is 4.30.